The number of benzene rings is 3. The molecule has 2 amide bonds. The van der Waals surface area contributed by atoms with Gasteiger partial charge in [0.2, 0.25) is 0 Å². The summed E-state index contributed by atoms with van der Waals surface area (Å²) in [6.45, 7) is -0.126. The number of anilines is 1. The summed E-state index contributed by atoms with van der Waals surface area (Å²) in [5, 5.41) is 2.82. The SMILES string of the molecule is CN(CC(=O)NNC(=O)COc1ccc(Cl)cc1)c1ccc2ccccc2c1. The number of hydrazine groups is 1. The zero-order chi connectivity index (χ0) is 19.9. The minimum absolute atomic E-state index is 0.0939. The molecule has 0 saturated carbocycles. The normalized spacial score (nSPS) is 10.4. The molecule has 0 radical (unpaired) electrons. The number of nitrogens with zero attached hydrogens (tertiary/aromatic N) is 1. The van der Waals surface area contributed by atoms with Crippen LogP contribution in [0, 0.1) is 0 Å². The maximum Gasteiger partial charge on any atom is 0.276 e. The third-order valence-electron chi connectivity index (χ3n) is 4.08. The van der Waals surface area contributed by atoms with Crippen LogP contribution in [0.25, 0.3) is 10.8 Å². The first-order valence-corrected chi connectivity index (χ1v) is 9.05. The molecule has 0 heterocycles. The van der Waals surface area contributed by atoms with Crippen LogP contribution in [0.3, 0.4) is 0 Å². The summed E-state index contributed by atoms with van der Waals surface area (Å²) >= 11 is 5.79. The number of likely N-dealkylation sites (N-methyl/N-ethyl adjacent to an activating group) is 1. The molecule has 0 fully saturated rings. The fourth-order valence-corrected chi connectivity index (χ4v) is 2.74. The van der Waals surface area contributed by atoms with E-state index in [-0.39, 0.29) is 19.1 Å². The predicted molar refractivity (Wildman–Crippen MR) is 110 cm³/mol. The Morgan fingerprint density at radius 3 is 2.36 bits per heavy atom. The van der Waals surface area contributed by atoms with Gasteiger partial charge in [0.1, 0.15) is 5.75 Å². The van der Waals surface area contributed by atoms with E-state index in [9.17, 15) is 9.59 Å². The predicted octanol–water partition coefficient (Wildman–Crippen LogP) is 3.16. The summed E-state index contributed by atoms with van der Waals surface area (Å²) in [6.07, 6.45) is 0. The lowest BCUT2D eigenvalue weighted by Gasteiger charge is -2.19. The van der Waals surface area contributed by atoms with Crippen molar-refractivity contribution >= 4 is 39.9 Å². The molecular formula is C21H20ClN3O3. The molecule has 0 aliphatic carbocycles. The minimum atomic E-state index is -0.461. The van der Waals surface area contributed by atoms with Gasteiger partial charge in [-0.3, -0.25) is 20.4 Å². The molecule has 3 rings (SSSR count). The average Bonchev–Trinajstić information content (AvgIpc) is 2.71. The standard InChI is InChI=1S/C21H20ClN3O3/c1-25(18-9-6-15-4-2-3-5-16(15)12-18)13-20(26)23-24-21(27)14-28-19-10-7-17(22)8-11-19/h2-12H,13-14H2,1H3,(H,23,26)(H,24,27). The van der Waals surface area contributed by atoms with E-state index in [1.165, 1.54) is 0 Å². The Labute approximate surface area is 168 Å². The van der Waals surface area contributed by atoms with E-state index in [0.29, 0.717) is 10.8 Å². The lowest BCUT2D eigenvalue weighted by atomic mass is 10.1. The first-order valence-electron chi connectivity index (χ1n) is 8.67. The Kier molecular flexibility index (Phi) is 6.34. The topological polar surface area (TPSA) is 70.7 Å². The van der Waals surface area contributed by atoms with Crippen molar-refractivity contribution in [2.45, 2.75) is 0 Å². The Balaban J connectivity index is 1.45. The van der Waals surface area contributed by atoms with Crippen molar-refractivity contribution in [3.8, 4) is 5.75 Å². The van der Waals surface area contributed by atoms with E-state index in [1.807, 2.05) is 49.5 Å². The third-order valence-corrected chi connectivity index (χ3v) is 4.33. The van der Waals surface area contributed by atoms with Gasteiger partial charge in [-0.2, -0.15) is 0 Å². The maximum atomic E-state index is 12.1. The molecule has 2 N–H and O–H groups in total. The lowest BCUT2D eigenvalue weighted by molar-refractivity contribution is -0.129. The van der Waals surface area contributed by atoms with Crippen molar-refractivity contribution < 1.29 is 14.3 Å². The molecule has 0 unspecified atom stereocenters. The van der Waals surface area contributed by atoms with Crippen molar-refractivity contribution in [2.75, 3.05) is 25.1 Å². The van der Waals surface area contributed by atoms with Crippen molar-refractivity contribution in [2.24, 2.45) is 0 Å². The van der Waals surface area contributed by atoms with Gasteiger partial charge in [0.05, 0.1) is 6.54 Å². The Morgan fingerprint density at radius 2 is 1.61 bits per heavy atom. The van der Waals surface area contributed by atoms with Crippen molar-refractivity contribution in [1.29, 1.82) is 0 Å². The van der Waals surface area contributed by atoms with Crippen molar-refractivity contribution in [3.05, 3.63) is 71.8 Å². The Bertz CT molecular complexity index is 976. The number of carbonyl (C=O) groups is 2. The van der Waals surface area contributed by atoms with Crippen LogP contribution in [-0.4, -0.2) is 32.0 Å². The van der Waals surface area contributed by atoms with E-state index >= 15 is 0 Å². The highest BCUT2D eigenvalue weighted by atomic mass is 35.5. The molecule has 3 aromatic rings. The van der Waals surface area contributed by atoms with E-state index in [2.05, 4.69) is 10.9 Å². The average molecular weight is 398 g/mol. The second kappa shape index (κ2) is 9.10. The molecule has 0 bridgehead atoms. The van der Waals surface area contributed by atoms with Crippen LogP contribution in [0.4, 0.5) is 5.69 Å². The second-order valence-corrected chi connectivity index (χ2v) is 6.66. The summed E-state index contributed by atoms with van der Waals surface area (Å²) in [7, 11) is 1.81. The Hall–Kier alpha value is -3.25. The molecule has 6 nitrogen and oxygen atoms in total. The number of fused-ring (bicyclic) bond motifs is 1. The van der Waals surface area contributed by atoms with E-state index in [4.69, 9.17) is 16.3 Å². The van der Waals surface area contributed by atoms with Crippen LogP contribution in [0.2, 0.25) is 5.02 Å². The first-order chi connectivity index (χ1) is 13.5. The van der Waals surface area contributed by atoms with E-state index in [0.717, 1.165) is 16.5 Å². The van der Waals surface area contributed by atoms with Gasteiger partial charge >= 0.3 is 0 Å². The number of halogens is 1. The molecule has 0 saturated heterocycles. The number of rotatable bonds is 6. The van der Waals surface area contributed by atoms with E-state index < -0.39 is 5.91 Å². The molecule has 7 heteroatoms. The lowest BCUT2D eigenvalue weighted by Crippen LogP contribution is -2.47. The largest absolute Gasteiger partial charge is 0.484 e. The summed E-state index contributed by atoms with van der Waals surface area (Å²) in [5.74, 6) is -0.283. The molecule has 3 aromatic carbocycles. The summed E-state index contributed by atoms with van der Waals surface area (Å²) in [5.41, 5.74) is 5.63. The van der Waals surface area contributed by atoms with Crippen LogP contribution in [0.5, 0.6) is 5.75 Å². The molecule has 0 atom stereocenters. The monoisotopic (exact) mass is 397 g/mol. The second-order valence-electron chi connectivity index (χ2n) is 6.23. The number of hydrogen-bond acceptors (Lipinski definition) is 4. The van der Waals surface area contributed by atoms with Gasteiger partial charge in [-0.15, -0.1) is 0 Å². The Morgan fingerprint density at radius 1 is 0.929 bits per heavy atom. The van der Waals surface area contributed by atoms with Gasteiger partial charge < -0.3 is 9.64 Å². The highest BCUT2D eigenvalue weighted by Crippen LogP contribution is 2.21. The first kappa shape index (κ1) is 19.5. The number of hydrogen-bond donors (Lipinski definition) is 2. The maximum absolute atomic E-state index is 12.1. The molecule has 0 aromatic heterocycles. The summed E-state index contributed by atoms with van der Waals surface area (Å²) in [4.78, 5) is 25.7. The minimum Gasteiger partial charge on any atom is -0.484 e. The van der Waals surface area contributed by atoms with Crippen LogP contribution >= 0.6 is 11.6 Å². The number of amides is 2. The zero-order valence-corrected chi connectivity index (χ0v) is 16.1. The fourth-order valence-electron chi connectivity index (χ4n) is 2.62. The van der Waals surface area contributed by atoms with Gasteiger partial charge in [-0.25, -0.2) is 0 Å². The molecule has 28 heavy (non-hydrogen) atoms. The zero-order valence-electron chi connectivity index (χ0n) is 15.3. The number of ether oxygens (including phenoxy) is 1. The molecule has 0 spiro atoms. The van der Waals surface area contributed by atoms with Crippen LogP contribution in [-0.2, 0) is 9.59 Å². The summed E-state index contributed by atoms with van der Waals surface area (Å²) < 4.78 is 5.31. The van der Waals surface area contributed by atoms with Crippen molar-refractivity contribution in [1.82, 2.24) is 10.9 Å². The molecule has 0 aliphatic heterocycles. The van der Waals surface area contributed by atoms with Gasteiger partial charge in [-0.05, 0) is 47.2 Å². The highest BCUT2D eigenvalue weighted by Gasteiger charge is 2.10. The van der Waals surface area contributed by atoms with Crippen LogP contribution in [0.1, 0.15) is 0 Å². The smallest absolute Gasteiger partial charge is 0.276 e. The number of nitrogens with one attached hydrogen (secondary N) is 2. The van der Waals surface area contributed by atoms with Crippen molar-refractivity contribution in [3.63, 3.8) is 0 Å². The van der Waals surface area contributed by atoms with Gasteiger partial charge in [-0.1, -0.05) is 41.9 Å². The van der Waals surface area contributed by atoms with Gasteiger partial charge in [0, 0.05) is 17.8 Å². The summed E-state index contributed by atoms with van der Waals surface area (Å²) in [6, 6.07) is 20.6. The fraction of sp³-hybridized carbons (Fsp3) is 0.143. The van der Waals surface area contributed by atoms with Crippen LogP contribution in [0.15, 0.2) is 66.7 Å². The van der Waals surface area contributed by atoms with Crippen LogP contribution < -0.4 is 20.5 Å². The highest BCUT2D eigenvalue weighted by molar-refractivity contribution is 6.30. The van der Waals surface area contributed by atoms with E-state index in [1.54, 1.807) is 29.2 Å². The molecule has 144 valence electrons. The molecule has 0 aliphatic rings. The van der Waals surface area contributed by atoms with Gasteiger partial charge in [0.15, 0.2) is 6.61 Å². The number of carbonyl (C=O) groups excluding carboxylic acids is 2. The quantitative estimate of drug-likeness (QED) is 0.627. The third kappa shape index (κ3) is 5.37. The molecular weight excluding hydrogens is 378 g/mol. The van der Waals surface area contributed by atoms with Gasteiger partial charge in [0.25, 0.3) is 11.8 Å².